The van der Waals surface area contributed by atoms with Gasteiger partial charge in [0.2, 0.25) is 11.7 Å². The van der Waals surface area contributed by atoms with Crippen molar-refractivity contribution in [2.45, 2.75) is 19.8 Å². The van der Waals surface area contributed by atoms with Crippen LogP contribution in [0, 0.1) is 5.92 Å². The van der Waals surface area contributed by atoms with Gasteiger partial charge in [-0.15, -0.1) is 0 Å². The number of nitrogens with zero attached hydrogens (tertiary/aromatic N) is 2. The smallest absolute Gasteiger partial charge is 0.226 e. The van der Waals surface area contributed by atoms with Gasteiger partial charge < -0.3 is 10.3 Å². The molecule has 1 atom stereocenters. The number of rotatable bonds is 5. The maximum Gasteiger partial charge on any atom is 0.226 e. The molecule has 0 saturated heterocycles. The molecule has 1 aromatic heterocycles. The molecule has 0 saturated carbocycles. The first kappa shape index (κ1) is 13.1. The Bertz CT molecular complexity index is 495. The van der Waals surface area contributed by atoms with Gasteiger partial charge in [0.15, 0.2) is 0 Å². The monoisotopic (exact) mass is 265 g/mol. The van der Waals surface area contributed by atoms with Crippen LogP contribution in [0.2, 0.25) is 5.02 Å². The van der Waals surface area contributed by atoms with Crippen LogP contribution in [0.4, 0.5) is 0 Å². The van der Waals surface area contributed by atoms with Crippen LogP contribution >= 0.6 is 11.6 Å². The summed E-state index contributed by atoms with van der Waals surface area (Å²) < 4.78 is 5.21. The molecule has 0 aliphatic heterocycles. The van der Waals surface area contributed by atoms with Crippen LogP contribution in [0.5, 0.6) is 0 Å². The van der Waals surface area contributed by atoms with Crippen LogP contribution in [0.25, 0.3) is 11.4 Å². The third-order valence-corrected chi connectivity index (χ3v) is 3.08. The predicted molar refractivity (Wildman–Crippen MR) is 71.3 cm³/mol. The number of halogens is 1. The van der Waals surface area contributed by atoms with Gasteiger partial charge in [0.1, 0.15) is 0 Å². The second-order valence-electron chi connectivity index (χ2n) is 4.40. The van der Waals surface area contributed by atoms with Crippen molar-refractivity contribution in [2.75, 3.05) is 6.54 Å². The second-order valence-corrected chi connectivity index (χ2v) is 4.83. The number of benzene rings is 1. The standard InChI is InChI=1S/C13H16ClN3O/c1-9(8-15)2-7-12-16-13(17-18-12)10-3-5-11(14)6-4-10/h3-6,9H,2,7-8,15H2,1H3. The fourth-order valence-corrected chi connectivity index (χ4v) is 1.69. The van der Waals surface area contributed by atoms with Gasteiger partial charge in [-0.25, -0.2) is 0 Å². The lowest BCUT2D eigenvalue weighted by atomic mass is 10.1. The Kier molecular flexibility index (Phi) is 4.33. The molecule has 4 nitrogen and oxygen atoms in total. The fourth-order valence-electron chi connectivity index (χ4n) is 1.56. The normalized spacial score (nSPS) is 12.6. The van der Waals surface area contributed by atoms with Crippen LogP contribution < -0.4 is 5.73 Å². The number of aryl methyl sites for hydroxylation is 1. The average Bonchev–Trinajstić information content (AvgIpc) is 2.85. The Morgan fingerprint density at radius 1 is 1.33 bits per heavy atom. The highest BCUT2D eigenvalue weighted by Crippen LogP contribution is 2.19. The third kappa shape index (κ3) is 3.31. The summed E-state index contributed by atoms with van der Waals surface area (Å²) in [4.78, 5) is 4.35. The quantitative estimate of drug-likeness (QED) is 0.903. The van der Waals surface area contributed by atoms with Crippen molar-refractivity contribution in [3.63, 3.8) is 0 Å². The predicted octanol–water partition coefficient (Wildman–Crippen LogP) is 2.92. The van der Waals surface area contributed by atoms with E-state index < -0.39 is 0 Å². The molecule has 18 heavy (non-hydrogen) atoms. The number of hydrogen-bond acceptors (Lipinski definition) is 4. The molecular formula is C13H16ClN3O. The summed E-state index contributed by atoms with van der Waals surface area (Å²) in [6, 6.07) is 7.37. The number of hydrogen-bond donors (Lipinski definition) is 1. The molecule has 2 rings (SSSR count). The van der Waals surface area contributed by atoms with Crippen LogP contribution in [0.1, 0.15) is 19.2 Å². The van der Waals surface area contributed by atoms with Crippen LogP contribution in [-0.2, 0) is 6.42 Å². The maximum atomic E-state index is 5.83. The molecule has 0 radical (unpaired) electrons. The molecule has 96 valence electrons. The van der Waals surface area contributed by atoms with Gasteiger partial charge in [-0.2, -0.15) is 4.98 Å². The van der Waals surface area contributed by atoms with Crippen molar-refractivity contribution in [3.8, 4) is 11.4 Å². The Morgan fingerprint density at radius 3 is 2.72 bits per heavy atom. The van der Waals surface area contributed by atoms with Crippen molar-refractivity contribution in [1.82, 2.24) is 10.1 Å². The van der Waals surface area contributed by atoms with Crippen molar-refractivity contribution < 1.29 is 4.52 Å². The SMILES string of the molecule is CC(CN)CCc1nc(-c2ccc(Cl)cc2)no1. The minimum absolute atomic E-state index is 0.468. The van der Waals surface area contributed by atoms with E-state index in [-0.39, 0.29) is 0 Å². The van der Waals surface area contributed by atoms with Crippen LogP contribution in [0.15, 0.2) is 28.8 Å². The maximum absolute atomic E-state index is 5.83. The van der Waals surface area contributed by atoms with Crippen molar-refractivity contribution in [2.24, 2.45) is 11.7 Å². The largest absolute Gasteiger partial charge is 0.339 e. The first-order valence-electron chi connectivity index (χ1n) is 5.97. The van der Waals surface area contributed by atoms with Gasteiger partial charge in [-0.3, -0.25) is 0 Å². The number of nitrogens with two attached hydrogens (primary N) is 1. The summed E-state index contributed by atoms with van der Waals surface area (Å²) >= 11 is 5.83. The van der Waals surface area contributed by atoms with E-state index in [1.807, 2.05) is 24.3 Å². The molecule has 0 amide bonds. The van der Waals surface area contributed by atoms with E-state index in [1.54, 1.807) is 0 Å². The summed E-state index contributed by atoms with van der Waals surface area (Å²) in [5.74, 6) is 1.72. The Hall–Kier alpha value is -1.39. The molecule has 0 fully saturated rings. The summed E-state index contributed by atoms with van der Waals surface area (Å²) in [5, 5.41) is 4.65. The summed E-state index contributed by atoms with van der Waals surface area (Å²) in [6.45, 7) is 2.79. The number of aromatic nitrogens is 2. The van der Waals surface area contributed by atoms with Crippen LogP contribution in [-0.4, -0.2) is 16.7 Å². The zero-order valence-corrected chi connectivity index (χ0v) is 11.0. The lowest BCUT2D eigenvalue weighted by molar-refractivity contribution is 0.366. The second kappa shape index (κ2) is 5.98. The molecule has 2 aromatic rings. The summed E-state index contributed by atoms with van der Waals surface area (Å²) in [5.41, 5.74) is 6.47. The van der Waals surface area contributed by atoms with Gasteiger partial charge in [0.25, 0.3) is 0 Å². The summed E-state index contributed by atoms with van der Waals surface area (Å²) in [6.07, 6.45) is 1.72. The van der Waals surface area contributed by atoms with E-state index in [0.717, 1.165) is 18.4 Å². The van der Waals surface area contributed by atoms with Crippen molar-refractivity contribution >= 4 is 11.6 Å². The van der Waals surface area contributed by atoms with Gasteiger partial charge >= 0.3 is 0 Å². The lowest BCUT2D eigenvalue weighted by Gasteiger charge is -2.03. The molecule has 2 N–H and O–H groups in total. The van der Waals surface area contributed by atoms with Gasteiger partial charge in [-0.1, -0.05) is 23.7 Å². The highest BCUT2D eigenvalue weighted by Gasteiger charge is 2.09. The van der Waals surface area contributed by atoms with Crippen molar-refractivity contribution in [3.05, 3.63) is 35.2 Å². The van der Waals surface area contributed by atoms with E-state index in [2.05, 4.69) is 17.1 Å². The van der Waals surface area contributed by atoms with Gasteiger partial charge in [-0.05, 0) is 43.1 Å². The summed E-state index contributed by atoms with van der Waals surface area (Å²) in [7, 11) is 0. The van der Waals surface area contributed by atoms with E-state index in [9.17, 15) is 0 Å². The van der Waals surface area contributed by atoms with E-state index in [1.165, 1.54) is 0 Å². The van der Waals surface area contributed by atoms with E-state index >= 15 is 0 Å². The molecule has 0 aliphatic carbocycles. The molecular weight excluding hydrogens is 250 g/mol. The first-order chi connectivity index (χ1) is 8.69. The Balaban J connectivity index is 2.03. The van der Waals surface area contributed by atoms with Gasteiger partial charge in [0, 0.05) is 17.0 Å². The van der Waals surface area contributed by atoms with E-state index in [4.69, 9.17) is 21.9 Å². The third-order valence-electron chi connectivity index (χ3n) is 2.82. The molecule has 1 aromatic carbocycles. The minimum Gasteiger partial charge on any atom is -0.339 e. The van der Waals surface area contributed by atoms with Crippen molar-refractivity contribution in [1.29, 1.82) is 0 Å². The van der Waals surface area contributed by atoms with Gasteiger partial charge in [0.05, 0.1) is 0 Å². The molecule has 0 spiro atoms. The Morgan fingerprint density at radius 2 is 2.06 bits per heavy atom. The molecule has 0 aliphatic rings. The minimum atomic E-state index is 0.468. The highest BCUT2D eigenvalue weighted by molar-refractivity contribution is 6.30. The first-order valence-corrected chi connectivity index (χ1v) is 6.35. The zero-order chi connectivity index (χ0) is 13.0. The molecule has 1 heterocycles. The lowest BCUT2D eigenvalue weighted by Crippen LogP contribution is -2.11. The molecule has 1 unspecified atom stereocenters. The zero-order valence-electron chi connectivity index (χ0n) is 10.3. The fraction of sp³-hybridized carbons (Fsp3) is 0.385. The Labute approximate surface area is 111 Å². The van der Waals surface area contributed by atoms with Crippen LogP contribution in [0.3, 0.4) is 0 Å². The van der Waals surface area contributed by atoms with E-state index in [0.29, 0.717) is 29.2 Å². The molecule has 0 bridgehead atoms. The highest BCUT2D eigenvalue weighted by atomic mass is 35.5. The molecule has 5 heteroatoms. The topological polar surface area (TPSA) is 64.9 Å². The average molecular weight is 266 g/mol.